The summed E-state index contributed by atoms with van der Waals surface area (Å²) in [5.41, 5.74) is 6.81. The van der Waals surface area contributed by atoms with Crippen LogP contribution in [0.1, 0.15) is 59.3 Å². The quantitative estimate of drug-likeness (QED) is 0.776. The Balaban J connectivity index is 1.95. The molecule has 0 aromatic rings. The van der Waals surface area contributed by atoms with Crippen molar-refractivity contribution in [3.8, 4) is 0 Å². The van der Waals surface area contributed by atoms with Crippen molar-refractivity contribution in [3.63, 3.8) is 0 Å². The molecular formula is C15H27N3. The van der Waals surface area contributed by atoms with E-state index in [1.807, 2.05) is 0 Å². The summed E-state index contributed by atoms with van der Waals surface area (Å²) in [6.45, 7) is 8.12. The number of hydrogen-bond acceptors (Lipinski definition) is 3. The predicted molar refractivity (Wildman–Crippen MR) is 75.5 cm³/mol. The number of aliphatic imine (C=N–C) groups is 1. The first kappa shape index (κ1) is 12.3. The summed E-state index contributed by atoms with van der Waals surface area (Å²) in [7, 11) is 0. The molecule has 0 bridgehead atoms. The summed E-state index contributed by atoms with van der Waals surface area (Å²) in [5.74, 6) is 1.55. The average Bonchev–Trinajstić information content (AvgIpc) is 3.06. The third-order valence-electron chi connectivity index (χ3n) is 5.20. The lowest BCUT2D eigenvalue weighted by Crippen LogP contribution is -2.61. The van der Waals surface area contributed by atoms with Crippen LogP contribution in [0, 0.1) is 11.3 Å². The van der Waals surface area contributed by atoms with E-state index in [1.165, 1.54) is 38.5 Å². The number of nitrogens with zero attached hydrogens (tertiary/aromatic N) is 2. The van der Waals surface area contributed by atoms with Crippen LogP contribution >= 0.6 is 0 Å². The second kappa shape index (κ2) is 3.88. The molecule has 102 valence electrons. The lowest BCUT2D eigenvalue weighted by atomic mass is 9.61. The Morgan fingerprint density at radius 2 is 1.94 bits per heavy atom. The lowest BCUT2D eigenvalue weighted by molar-refractivity contribution is 0.00281. The zero-order valence-electron chi connectivity index (χ0n) is 12.1. The largest absolute Gasteiger partial charge is 0.370 e. The maximum atomic E-state index is 6.21. The molecule has 1 heterocycles. The summed E-state index contributed by atoms with van der Waals surface area (Å²) < 4.78 is 0. The molecular weight excluding hydrogens is 222 g/mol. The van der Waals surface area contributed by atoms with Crippen molar-refractivity contribution in [2.45, 2.75) is 70.9 Å². The maximum absolute atomic E-state index is 6.21. The highest BCUT2D eigenvalue weighted by Gasteiger charge is 2.56. The molecule has 0 aromatic heterocycles. The first-order valence-electron chi connectivity index (χ1n) is 7.54. The van der Waals surface area contributed by atoms with E-state index in [4.69, 9.17) is 5.73 Å². The number of rotatable bonds is 1. The fourth-order valence-electron chi connectivity index (χ4n) is 4.42. The highest BCUT2D eigenvalue weighted by molar-refractivity contribution is 5.82. The Morgan fingerprint density at radius 3 is 2.56 bits per heavy atom. The Hall–Kier alpha value is -0.730. The van der Waals surface area contributed by atoms with Crippen molar-refractivity contribution < 1.29 is 0 Å². The molecule has 0 saturated heterocycles. The van der Waals surface area contributed by atoms with Gasteiger partial charge in [-0.2, -0.15) is 0 Å². The number of hydrogen-bond donors (Lipinski definition) is 1. The van der Waals surface area contributed by atoms with Crippen molar-refractivity contribution in [1.29, 1.82) is 0 Å². The third kappa shape index (κ3) is 1.74. The van der Waals surface area contributed by atoms with Crippen LogP contribution in [0.25, 0.3) is 0 Å². The fraction of sp³-hybridized carbons (Fsp3) is 0.933. The predicted octanol–water partition coefficient (Wildman–Crippen LogP) is 2.75. The van der Waals surface area contributed by atoms with E-state index in [0.29, 0.717) is 11.5 Å². The standard InChI is InChI=1S/C15H27N3/c1-14(2,3)12-6-4-5-9-15(12)10-17-13(16)18(15)11-7-8-11/h11-12H,4-10H2,1-3H3,(H2,16,17). The van der Waals surface area contributed by atoms with Crippen molar-refractivity contribution in [3.05, 3.63) is 0 Å². The van der Waals surface area contributed by atoms with E-state index in [1.54, 1.807) is 0 Å². The van der Waals surface area contributed by atoms with Crippen molar-refractivity contribution in [2.75, 3.05) is 6.54 Å². The first-order valence-corrected chi connectivity index (χ1v) is 7.54. The van der Waals surface area contributed by atoms with E-state index in [0.717, 1.165) is 18.4 Å². The van der Waals surface area contributed by atoms with Crippen LogP contribution in [0.15, 0.2) is 4.99 Å². The Morgan fingerprint density at radius 1 is 1.22 bits per heavy atom. The van der Waals surface area contributed by atoms with E-state index < -0.39 is 0 Å². The number of guanidine groups is 1. The second-order valence-electron chi connectivity index (χ2n) is 7.54. The van der Waals surface area contributed by atoms with Crippen molar-refractivity contribution >= 4 is 5.96 Å². The van der Waals surface area contributed by atoms with E-state index in [9.17, 15) is 0 Å². The van der Waals surface area contributed by atoms with Gasteiger partial charge in [-0.15, -0.1) is 0 Å². The maximum Gasteiger partial charge on any atom is 0.192 e. The molecule has 3 heteroatoms. The average molecular weight is 249 g/mol. The smallest absolute Gasteiger partial charge is 0.192 e. The van der Waals surface area contributed by atoms with Gasteiger partial charge in [0.25, 0.3) is 0 Å². The van der Waals surface area contributed by atoms with Gasteiger partial charge < -0.3 is 10.6 Å². The molecule has 2 atom stereocenters. The highest BCUT2D eigenvalue weighted by atomic mass is 15.4. The van der Waals surface area contributed by atoms with Gasteiger partial charge in [0.15, 0.2) is 5.96 Å². The molecule has 3 rings (SSSR count). The molecule has 1 aliphatic heterocycles. The van der Waals surface area contributed by atoms with Gasteiger partial charge in [-0.25, -0.2) is 0 Å². The summed E-state index contributed by atoms with van der Waals surface area (Å²) in [6.07, 6.45) is 7.98. The monoisotopic (exact) mass is 249 g/mol. The SMILES string of the molecule is CC(C)(C)C1CCCCC12CN=C(N)N2C1CC1. The summed E-state index contributed by atoms with van der Waals surface area (Å²) in [6, 6.07) is 0.694. The Bertz CT molecular complexity index is 364. The second-order valence-corrected chi connectivity index (χ2v) is 7.54. The van der Waals surface area contributed by atoms with Gasteiger partial charge in [-0.3, -0.25) is 4.99 Å². The molecule has 1 spiro atoms. The minimum Gasteiger partial charge on any atom is -0.370 e. The van der Waals surface area contributed by atoms with Crippen LogP contribution in [0.2, 0.25) is 0 Å². The van der Waals surface area contributed by atoms with Gasteiger partial charge in [0.05, 0.1) is 12.1 Å². The first-order chi connectivity index (χ1) is 8.45. The Labute approximate surface area is 111 Å². The molecule has 3 nitrogen and oxygen atoms in total. The molecule has 0 aromatic carbocycles. The van der Waals surface area contributed by atoms with E-state index in [2.05, 4.69) is 30.7 Å². The van der Waals surface area contributed by atoms with Gasteiger partial charge in [-0.1, -0.05) is 33.6 Å². The van der Waals surface area contributed by atoms with Gasteiger partial charge >= 0.3 is 0 Å². The highest BCUT2D eigenvalue weighted by Crippen LogP contribution is 2.52. The summed E-state index contributed by atoms with van der Waals surface area (Å²) >= 11 is 0. The fourth-order valence-corrected chi connectivity index (χ4v) is 4.42. The minimum absolute atomic E-state index is 0.252. The van der Waals surface area contributed by atoms with Crippen LogP contribution < -0.4 is 5.73 Å². The van der Waals surface area contributed by atoms with Crippen molar-refractivity contribution in [1.82, 2.24) is 4.90 Å². The van der Waals surface area contributed by atoms with E-state index in [-0.39, 0.29) is 5.54 Å². The van der Waals surface area contributed by atoms with E-state index >= 15 is 0 Å². The minimum atomic E-state index is 0.252. The molecule has 2 fully saturated rings. The van der Waals surface area contributed by atoms with Gasteiger partial charge in [0.1, 0.15) is 0 Å². The van der Waals surface area contributed by atoms with Crippen molar-refractivity contribution in [2.24, 2.45) is 22.1 Å². The van der Waals surface area contributed by atoms with Crippen LogP contribution in [-0.4, -0.2) is 29.0 Å². The van der Waals surface area contributed by atoms with Crippen LogP contribution in [-0.2, 0) is 0 Å². The molecule has 2 unspecified atom stereocenters. The van der Waals surface area contributed by atoms with Crippen LogP contribution in [0.5, 0.6) is 0 Å². The van der Waals surface area contributed by atoms with Crippen LogP contribution in [0.4, 0.5) is 0 Å². The van der Waals surface area contributed by atoms with Gasteiger partial charge in [-0.05, 0) is 37.0 Å². The molecule has 0 radical (unpaired) electrons. The third-order valence-corrected chi connectivity index (χ3v) is 5.20. The summed E-state index contributed by atoms with van der Waals surface area (Å²) in [5, 5.41) is 0. The molecule has 2 N–H and O–H groups in total. The zero-order chi connectivity index (χ0) is 13.0. The molecule has 2 aliphatic carbocycles. The molecule has 18 heavy (non-hydrogen) atoms. The Kier molecular flexibility index (Phi) is 2.65. The molecule has 3 aliphatic rings. The number of nitrogens with two attached hydrogens (primary N) is 1. The molecule has 2 saturated carbocycles. The topological polar surface area (TPSA) is 41.6 Å². The normalized spacial score (nSPS) is 37.2. The van der Waals surface area contributed by atoms with Crippen LogP contribution in [0.3, 0.4) is 0 Å². The lowest BCUT2D eigenvalue weighted by Gasteiger charge is -2.53. The van der Waals surface area contributed by atoms with Gasteiger partial charge in [0.2, 0.25) is 0 Å². The van der Waals surface area contributed by atoms with Gasteiger partial charge in [0, 0.05) is 6.04 Å². The molecule has 0 amide bonds. The zero-order valence-corrected chi connectivity index (χ0v) is 12.1. The summed E-state index contributed by atoms with van der Waals surface area (Å²) in [4.78, 5) is 7.17.